The van der Waals surface area contributed by atoms with Gasteiger partial charge in [0.05, 0.1) is 7.11 Å². The van der Waals surface area contributed by atoms with Crippen molar-refractivity contribution < 1.29 is 27.9 Å². The van der Waals surface area contributed by atoms with Crippen LogP contribution in [0.5, 0.6) is 5.75 Å². The zero-order chi connectivity index (χ0) is 18.1. The van der Waals surface area contributed by atoms with Gasteiger partial charge in [-0.25, -0.2) is 4.79 Å². The van der Waals surface area contributed by atoms with E-state index in [1.54, 1.807) is 30.3 Å². The number of ether oxygens (including phenoxy) is 1. The van der Waals surface area contributed by atoms with Gasteiger partial charge in [-0.3, -0.25) is 0 Å². The van der Waals surface area contributed by atoms with Gasteiger partial charge in [-0.2, -0.15) is 13.3 Å². The van der Waals surface area contributed by atoms with Gasteiger partial charge in [-0.1, -0.05) is 12.1 Å². The van der Waals surface area contributed by atoms with Gasteiger partial charge in [0.15, 0.2) is 11.9 Å². The normalized spacial score (nSPS) is 18.8. The average Bonchev–Trinajstić information content (AvgIpc) is 3.00. The van der Waals surface area contributed by atoms with E-state index in [9.17, 15) is 13.2 Å². The fraction of sp³-hybridized carbons (Fsp3) is 0.118. The number of sulfonamides is 1. The Morgan fingerprint density at radius 2 is 1.80 bits per heavy atom. The van der Waals surface area contributed by atoms with E-state index < -0.39 is 26.7 Å². The Morgan fingerprint density at radius 3 is 2.44 bits per heavy atom. The number of aliphatic carboxylic acids is 1. The standard InChI is InChI=1S/C17H15NO6S/c1-23-14-6-8-15(9-7-14)25(21,22)18(24-12-17(19)20)11-10-13-4-2-3-5-16(13)18/h2-11H,12H2,1H3/p+1. The molecule has 2 aromatic carbocycles. The number of methoxy groups -OCH3 is 1. The highest BCUT2D eigenvalue weighted by atomic mass is 32.2. The molecular formula is C17H16NO6S+. The number of para-hydroxylation sites is 1. The van der Waals surface area contributed by atoms with Crippen LogP contribution in [0.2, 0.25) is 0 Å². The van der Waals surface area contributed by atoms with Gasteiger partial charge in [0.25, 0.3) is 0 Å². The zero-order valence-electron chi connectivity index (χ0n) is 13.3. The van der Waals surface area contributed by atoms with Crippen LogP contribution in [0.25, 0.3) is 6.08 Å². The molecule has 0 saturated heterocycles. The number of hydrogen-bond donors (Lipinski definition) is 1. The minimum Gasteiger partial charge on any atom is -0.497 e. The van der Waals surface area contributed by atoms with Crippen molar-refractivity contribution in [2.75, 3.05) is 13.7 Å². The summed E-state index contributed by atoms with van der Waals surface area (Å²) < 4.78 is 30.6. The number of carboxylic acid groups (broad SMARTS) is 1. The highest BCUT2D eigenvalue weighted by molar-refractivity contribution is 7.91. The van der Waals surface area contributed by atoms with Crippen molar-refractivity contribution in [3.63, 3.8) is 0 Å². The van der Waals surface area contributed by atoms with E-state index in [0.29, 0.717) is 17.0 Å². The number of carbonyl (C=O) groups is 1. The van der Waals surface area contributed by atoms with Gasteiger partial charge in [-0.05, 0) is 34.4 Å². The second-order valence-corrected chi connectivity index (χ2v) is 7.25. The maximum absolute atomic E-state index is 13.3. The molecule has 0 amide bonds. The Kier molecular flexibility index (Phi) is 4.34. The zero-order valence-corrected chi connectivity index (χ0v) is 14.1. The molecule has 1 aliphatic rings. The van der Waals surface area contributed by atoms with E-state index in [4.69, 9.17) is 14.7 Å². The average molecular weight is 362 g/mol. The monoisotopic (exact) mass is 362 g/mol. The third kappa shape index (κ3) is 2.80. The topological polar surface area (TPSA) is 89.9 Å². The molecule has 25 heavy (non-hydrogen) atoms. The second-order valence-electron chi connectivity index (χ2n) is 5.29. The molecule has 0 fully saturated rings. The van der Waals surface area contributed by atoms with Gasteiger partial charge >= 0.3 is 16.0 Å². The molecule has 0 bridgehead atoms. The minimum atomic E-state index is -4.12. The van der Waals surface area contributed by atoms with Crippen molar-refractivity contribution in [3.8, 4) is 5.75 Å². The van der Waals surface area contributed by atoms with E-state index in [-0.39, 0.29) is 4.90 Å². The van der Waals surface area contributed by atoms with E-state index in [1.165, 1.54) is 37.6 Å². The first kappa shape index (κ1) is 17.2. The smallest absolute Gasteiger partial charge is 0.366 e. The lowest BCUT2D eigenvalue weighted by atomic mass is 10.2. The molecule has 1 N–H and O–H groups in total. The first-order valence-electron chi connectivity index (χ1n) is 7.34. The molecule has 7 nitrogen and oxygen atoms in total. The molecule has 0 aromatic heterocycles. The summed E-state index contributed by atoms with van der Waals surface area (Å²) in [7, 11) is -2.65. The molecule has 0 spiro atoms. The van der Waals surface area contributed by atoms with Crippen LogP contribution in [0, 0.1) is 0 Å². The molecule has 0 radical (unpaired) electrons. The maximum Gasteiger partial charge on any atom is 0.366 e. The Hall–Kier alpha value is -2.68. The van der Waals surface area contributed by atoms with E-state index >= 15 is 0 Å². The number of hydrogen-bond acceptors (Lipinski definition) is 5. The Labute approximate surface area is 144 Å². The van der Waals surface area contributed by atoms with Crippen LogP contribution in [0.15, 0.2) is 59.6 Å². The second kappa shape index (κ2) is 6.32. The van der Waals surface area contributed by atoms with Crippen LogP contribution >= 0.6 is 0 Å². The van der Waals surface area contributed by atoms with Gasteiger partial charge in [0.1, 0.15) is 10.6 Å². The summed E-state index contributed by atoms with van der Waals surface area (Å²) in [6.45, 7) is -0.770. The number of benzene rings is 2. The highest BCUT2D eigenvalue weighted by Gasteiger charge is 2.51. The van der Waals surface area contributed by atoms with Gasteiger partial charge in [-0.15, -0.1) is 0 Å². The fourth-order valence-electron chi connectivity index (χ4n) is 2.62. The van der Waals surface area contributed by atoms with Crippen molar-refractivity contribution in [2.45, 2.75) is 4.90 Å². The van der Waals surface area contributed by atoms with Crippen LogP contribution in [-0.2, 0) is 19.7 Å². The lowest BCUT2D eigenvalue weighted by molar-refractivity contribution is -0.150. The van der Waals surface area contributed by atoms with Crippen LogP contribution < -0.4 is 8.79 Å². The molecule has 1 heterocycles. The Bertz CT molecular complexity index is 936. The number of quaternary nitrogens is 1. The summed E-state index contributed by atoms with van der Waals surface area (Å²) in [4.78, 5) is 16.4. The predicted octanol–water partition coefficient (Wildman–Crippen LogP) is 2.39. The molecule has 8 heteroatoms. The number of nitrogens with zero attached hydrogens (tertiary/aromatic N) is 1. The lowest BCUT2D eigenvalue weighted by Gasteiger charge is -2.27. The first-order chi connectivity index (χ1) is 11.9. The third-order valence-electron chi connectivity index (χ3n) is 3.82. The molecule has 3 rings (SSSR count). The SMILES string of the molecule is COc1ccc(S(=O)(=O)[N+]2(OCC(=O)O)C=Cc3ccccc32)cc1. The largest absolute Gasteiger partial charge is 0.497 e. The maximum atomic E-state index is 13.3. The molecule has 0 saturated carbocycles. The number of hydroxylamine groups is 1. The molecular weight excluding hydrogens is 346 g/mol. The van der Waals surface area contributed by atoms with Gasteiger partial charge in [0.2, 0.25) is 6.61 Å². The third-order valence-corrected chi connectivity index (χ3v) is 5.82. The molecule has 0 aliphatic carbocycles. The Balaban J connectivity index is 2.15. The molecule has 1 unspecified atom stereocenters. The predicted molar refractivity (Wildman–Crippen MR) is 91.0 cm³/mol. The van der Waals surface area contributed by atoms with Crippen LogP contribution in [0.4, 0.5) is 5.69 Å². The number of fused-ring (bicyclic) bond motifs is 1. The first-order valence-corrected chi connectivity index (χ1v) is 8.78. The molecule has 130 valence electrons. The minimum absolute atomic E-state index is 0.0139. The summed E-state index contributed by atoms with van der Waals surface area (Å²) >= 11 is 0. The highest BCUT2D eigenvalue weighted by Crippen LogP contribution is 2.41. The summed E-state index contributed by atoms with van der Waals surface area (Å²) in [6, 6.07) is 12.6. The van der Waals surface area contributed by atoms with Crippen molar-refractivity contribution >= 4 is 27.8 Å². The van der Waals surface area contributed by atoms with Crippen LogP contribution in [-0.4, -0.2) is 33.2 Å². The summed E-state index contributed by atoms with van der Waals surface area (Å²) in [5.74, 6) is -0.755. The quantitative estimate of drug-likeness (QED) is 0.794. The lowest BCUT2D eigenvalue weighted by Crippen LogP contribution is -2.49. The fourth-order valence-corrected chi connectivity index (χ4v) is 4.25. The van der Waals surface area contributed by atoms with Crippen LogP contribution in [0.3, 0.4) is 0 Å². The van der Waals surface area contributed by atoms with E-state index in [1.807, 2.05) is 0 Å². The van der Waals surface area contributed by atoms with Crippen molar-refractivity contribution in [1.82, 2.24) is 4.05 Å². The van der Waals surface area contributed by atoms with Gasteiger partial charge in [0, 0.05) is 17.7 Å². The van der Waals surface area contributed by atoms with Crippen molar-refractivity contribution in [1.29, 1.82) is 0 Å². The Morgan fingerprint density at radius 1 is 1.12 bits per heavy atom. The molecule has 2 aromatic rings. The molecule has 1 aliphatic heterocycles. The summed E-state index contributed by atoms with van der Waals surface area (Å²) in [5.41, 5.74) is 0.976. The van der Waals surface area contributed by atoms with Gasteiger partial charge < -0.3 is 9.84 Å². The number of rotatable bonds is 6. The van der Waals surface area contributed by atoms with Crippen molar-refractivity contribution in [3.05, 3.63) is 60.3 Å². The van der Waals surface area contributed by atoms with E-state index in [0.717, 1.165) is 0 Å². The molecule has 1 atom stereocenters. The summed E-state index contributed by atoms with van der Waals surface area (Å²) in [6.07, 6.45) is 2.92. The van der Waals surface area contributed by atoms with Crippen LogP contribution in [0.1, 0.15) is 5.56 Å². The number of carboxylic acids is 1. The van der Waals surface area contributed by atoms with E-state index in [2.05, 4.69) is 0 Å². The summed E-state index contributed by atoms with van der Waals surface area (Å²) in [5, 5.41) is 8.97. The van der Waals surface area contributed by atoms with Crippen molar-refractivity contribution in [2.24, 2.45) is 0 Å².